The van der Waals surface area contributed by atoms with Crippen LogP contribution in [0, 0.1) is 17.1 Å². The Hall–Kier alpha value is -3.17. The summed E-state index contributed by atoms with van der Waals surface area (Å²) in [7, 11) is 0. The molecular weight excluding hydrogens is 331 g/mol. The minimum absolute atomic E-state index is 0.194. The number of halogens is 2. The molecule has 5 nitrogen and oxygen atoms in total. The van der Waals surface area contributed by atoms with Crippen LogP contribution in [0.4, 0.5) is 10.1 Å². The number of hydrogen-bond acceptors (Lipinski definition) is 3. The van der Waals surface area contributed by atoms with Gasteiger partial charge in [0.15, 0.2) is 5.69 Å². The Labute approximate surface area is 141 Å². The number of hydrogen-bond donors (Lipinski definition) is 1. The first-order valence-corrected chi connectivity index (χ1v) is 7.27. The highest BCUT2D eigenvalue weighted by Gasteiger charge is 2.11. The summed E-state index contributed by atoms with van der Waals surface area (Å²) in [6, 6.07) is 13.8. The van der Waals surface area contributed by atoms with Crippen molar-refractivity contribution in [3.63, 3.8) is 0 Å². The molecule has 118 valence electrons. The van der Waals surface area contributed by atoms with Crippen LogP contribution in [0.3, 0.4) is 0 Å². The first-order valence-electron chi connectivity index (χ1n) is 6.89. The average molecular weight is 341 g/mol. The summed E-state index contributed by atoms with van der Waals surface area (Å²) in [5.41, 5.74) is 1.62. The number of carbonyl (C=O) groups excluding carboxylic acids is 1. The van der Waals surface area contributed by atoms with Crippen molar-refractivity contribution in [2.24, 2.45) is 0 Å². The molecule has 1 N–H and O–H groups in total. The standard InChI is InChI=1S/C17H10ClFN4O/c18-15-9-13(4-1-11(15)10-20)21-17(24)16-7-8-23(22-16)14-5-2-12(19)3-6-14/h1-9H,(H,21,24). The van der Waals surface area contributed by atoms with Gasteiger partial charge in [0.25, 0.3) is 5.91 Å². The van der Waals surface area contributed by atoms with E-state index in [1.807, 2.05) is 6.07 Å². The van der Waals surface area contributed by atoms with Gasteiger partial charge >= 0.3 is 0 Å². The largest absolute Gasteiger partial charge is 0.321 e. The molecule has 0 atom stereocenters. The van der Waals surface area contributed by atoms with E-state index in [4.69, 9.17) is 16.9 Å². The van der Waals surface area contributed by atoms with E-state index >= 15 is 0 Å². The lowest BCUT2D eigenvalue weighted by Crippen LogP contribution is -2.13. The highest BCUT2D eigenvalue weighted by Crippen LogP contribution is 2.20. The quantitative estimate of drug-likeness (QED) is 0.788. The van der Waals surface area contributed by atoms with Gasteiger partial charge in [-0.1, -0.05) is 11.6 Å². The predicted molar refractivity (Wildman–Crippen MR) is 87.6 cm³/mol. The van der Waals surface area contributed by atoms with Crippen molar-refractivity contribution in [1.82, 2.24) is 9.78 Å². The minimum atomic E-state index is -0.420. The number of rotatable bonds is 3. The Kier molecular flexibility index (Phi) is 4.27. The number of anilines is 1. The van der Waals surface area contributed by atoms with Gasteiger partial charge in [-0.15, -0.1) is 0 Å². The third-order valence-corrected chi connectivity index (χ3v) is 3.57. The van der Waals surface area contributed by atoms with Crippen LogP contribution in [0.1, 0.15) is 16.1 Å². The summed E-state index contributed by atoms with van der Waals surface area (Å²) in [5, 5.41) is 15.9. The van der Waals surface area contributed by atoms with Crippen molar-refractivity contribution in [3.05, 3.63) is 76.8 Å². The van der Waals surface area contributed by atoms with E-state index in [0.717, 1.165) is 0 Å². The molecular formula is C17H10ClFN4O. The molecule has 0 saturated carbocycles. The highest BCUT2D eigenvalue weighted by atomic mass is 35.5. The number of nitrogens with zero attached hydrogens (tertiary/aromatic N) is 3. The average Bonchev–Trinajstić information content (AvgIpc) is 3.06. The maximum absolute atomic E-state index is 12.9. The Balaban J connectivity index is 1.78. The van der Waals surface area contributed by atoms with Crippen LogP contribution >= 0.6 is 11.6 Å². The first-order chi connectivity index (χ1) is 11.6. The third kappa shape index (κ3) is 3.26. The van der Waals surface area contributed by atoms with Crippen LogP contribution in [0.15, 0.2) is 54.7 Å². The van der Waals surface area contributed by atoms with E-state index in [2.05, 4.69) is 10.4 Å². The molecule has 0 fully saturated rings. The lowest BCUT2D eigenvalue weighted by molar-refractivity contribution is 0.102. The summed E-state index contributed by atoms with van der Waals surface area (Å²) in [6.45, 7) is 0. The molecule has 2 aromatic carbocycles. The van der Waals surface area contributed by atoms with Gasteiger partial charge in [0.05, 0.1) is 16.3 Å². The molecule has 3 rings (SSSR count). The van der Waals surface area contributed by atoms with Gasteiger partial charge in [0, 0.05) is 11.9 Å². The molecule has 7 heteroatoms. The molecule has 24 heavy (non-hydrogen) atoms. The zero-order valence-corrected chi connectivity index (χ0v) is 13.0. The normalized spacial score (nSPS) is 10.2. The van der Waals surface area contributed by atoms with E-state index in [1.54, 1.807) is 30.5 Å². The number of nitriles is 1. The van der Waals surface area contributed by atoms with Gasteiger partial charge in [-0.05, 0) is 48.5 Å². The smallest absolute Gasteiger partial charge is 0.276 e. The molecule has 3 aromatic rings. The Morgan fingerprint density at radius 1 is 1.21 bits per heavy atom. The molecule has 0 aliphatic heterocycles. The maximum atomic E-state index is 12.9. The van der Waals surface area contributed by atoms with Crippen molar-refractivity contribution >= 4 is 23.2 Å². The monoisotopic (exact) mass is 340 g/mol. The van der Waals surface area contributed by atoms with Gasteiger partial charge in [0.1, 0.15) is 11.9 Å². The second-order valence-corrected chi connectivity index (χ2v) is 5.29. The molecule has 1 heterocycles. The van der Waals surface area contributed by atoms with Crippen LogP contribution in [-0.4, -0.2) is 15.7 Å². The number of benzene rings is 2. The van der Waals surface area contributed by atoms with Gasteiger partial charge in [-0.25, -0.2) is 9.07 Å². The molecule has 0 aliphatic rings. The molecule has 1 aromatic heterocycles. The first kappa shape index (κ1) is 15.7. The molecule has 0 aliphatic carbocycles. The second kappa shape index (κ2) is 6.52. The van der Waals surface area contributed by atoms with Crippen LogP contribution in [0.25, 0.3) is 5.69 Å². The zero-order chi connectivity index (χ0) is 17.1. The van der Waals surface area contributed by atoms with Crippen LogP contribution in [0.5, 0.6) is 0 Å². The van der Waals surface area contributed by atoms with Gasteiger partial charge in [0.2, 0.25) is 0 Å². The lowest BCUT2D eigenvalue weighted by atomic mass is 10.2. The van der Waals surface area contributed by atoms with Crippen molar-refractivity contribution in [3.8, 4) is 11.8 Å². The molecule has 0 radical (unpaired) electrons. The van der Waals surface area contributed by atoms with E-state index in [-0.39, 0.29) is 16.5 Å². The second-order valence-electron chi connectivity index (χ2n) is 4.88. The Bertz CT molecular complexity index is 944. The molecule has 0 spiro atoms. The summed E-state index contributed by atoms with van der Waals surface area (Å²) in [5.74, 6) is -0.766. The Morgan fingerprint density at radius 2 is 1.96 bits per heavy atom. The van der Waals surface area contributed by atoms with Crippen molar-refractivity contribution in [2.45, 2.75) is 0 Å². The summed E-state index contributed by atoms with van der Waals surface area (Å²) >= 11 is 5.93. The number of aromatic nitrogens is 2. The van der Waals surface area contributed by atoms with Crippen LogP contribution < -0.4 is 5.32 Å². The highest BCUT2D eigenvalue weighted by molar-refractivity contribution is 6.32. The summed E-state index contributed by atoms with van der Waals surface area (Å²) < 4.78 is 14.4. The molecule has 0 unspecified atom stereocenters. The minimum Gasteiger partial charge on any atom is -0.321 e. The molecule has 1 amide bonds. The van der Waals surface area contributed by atoms with Crippen LogP contribution in [-0.2, 0) is 0 Å². The molecule has 0 saturated heterocycles. The fraction of sp³-hybridized carbons (Fsp3) is 0. The summed E-state index contributed by atoms with van der Waals surface area (Å²) in [6.07, 6.45) is 1.61. The van der Waals surface area contributed by atoms with E-state index in [1.165, 1.54) is 28.9 Å². The fourth-order valence-electron chi connectivity index (χ4n) is 2.06. The summed E-state index contributed by atoms with van der Waals surface area (Å²) in [4.78, 5) is 12.2. The van der Waals surface area contributed by atoms with Crippen molar-refractivity contribution < 1.29 is 9.18 Å². The van der Waals surface area contributed by atoms with Gasteiger partial charge in [-0.3, -0.25) is 4.79 Å². The number of carbonyl (C=O) groups is 1. The Morgan fingerprint density at radius 3 is 2.62 bits per heavy atom. The van der Waals surface area contributed by atoms with E-state index in [9.17, 15) is 9.18 Å². The number of nitrogens with one attached hydrogen (secondary N) is 1. The van der Waals surface area contributed by atoms with Gasteiger partial charge < -0.3 is 5.32 Å². The van der Waals surface area contributed by atoms with Crippen LogP contribution in [0.2, 0.25) is 5.02 Å². The number of amides is 1. The van der Waals surface area contributed by atoms with Gasteiger partial charge in [-0.2, -0.15) is 10.4 Å². The van der Waals surface area contributed by atoms with E-state index < -0.39 is 5.91 Å². The van der Waals surface area contributed by atoms with Crippen molar-refractivity contribution in [1.29, 1.82) is 5.26 Å². The lowest BCUT2D eigenvalue weighted by Gasteiger charge is -2.04. The SMILES string of the molecule is N#Cc1ccc(NC(=O)c2ccn(-c3ccc(F)cc3)n2)cc1Cl. The van der Waals surface area contributed by atoms with E-state index in [0.29, 0.717) is 16.9 Å². The van der Waals surface area contributed by atoms with Crippen molar-refractivity contribution in [2.75, 3.05) is 5.32 Å². The maximum Gasteiger partial charge on any atom is 0.276 e. The topological polar surface area (TPSA) is 70.7 Å². The third-order valence-electron chi connectivity index (χ3n) is 3.26. The zero-order valence-electron chi connectivity index (χ0n) is 12.2. The predicted octanol–water partition coefficient (Wildman–Crippen LogP) is 3.79. The fourth-order valence-corrected chi connectivity index (χ4v) is 2.28. The molecule has 0 bridgehead atoms.